The van der Waals surface area contributed by atoms with Gasteiger partial charge in [0.25, 0.3) is 0 Å². The maximum Gasteiger partial charge on any atom is 0.160 e. The van der Waals surface area contributed by atoms with Gasteiger partial charge in [-0.25, -0.2) is 15.0 Å². The van der Waals surface area contributed by atoms with E-state index in [4.69, 9.17) is 15.0 Å². The minimum absolute atomic E-state index is 0.702. The van der Waals surface area contributed by atoms with Gasteiger partial charge in [0.15, 0.2) is 5.82 Å². The van der Waals surface area contributed by atoms with Crippen molar-refractivity contribution >= 4 is 32.4 Å². The molecule has 2 heterocycles. The summed E-state index contributed by atoms with van der Waals surface area (Å²) >= 11 is 0. The maximum atomic E-state index is 5.19. The molecule has 0 aliphatic heterocycles. The highest BCUT2D eigenvalue weighted by Gasteiger charge is 2.14. The fraction of sp³-hybridized carbons (Fsp3) is 0. The van der Waals surface area contributed by atoms with Gasteiger partial charge in [-0.2, -0.15) is 0 Å². The SMILES string of the molecule is c1ccc(-c2cc(-c3ccccc3)nc(-c3cccc(-c4ccc(-c5nc6ccccc6c6c5ccc5ccccc56)cc4)c3)n2)cc1. The molecule has 9 aromatic rings. The Morgan fingerprint density at radius 1 is 0.312 bits per heavy atom. The van der Waals surface area contributed by atoms with Crippen molar-refractivity contribution in [3.05, 3.63) is 176 Å². The summed E-state index contributed by atoms with van der Waals surface area (Å²) < 4.78 is 0. The smallest absolute Gasteiger partial charge is 0.160 e. The fourth-order valence-electron chi connectivity index (χ4n) is 6.69. The van der Waals surface area contributed by atoms with E-state index in [-0.39, 0.29) is 0 Å². The van der Waals surface area contributed by atoms with Crippen LogP contribution in [0.5, 0.6) is 0 Å². The lowest BCUT2D eigenvalue weighted by atomic mass is 9.94. The number of fused-ring (bicyclic) bond motifs is 5. The van der Waals surface area contributed by atoms with Crippen LogP contribution < -0.4 is 0 Å². The number of pyridine rings is 1. The molecule has 0 saturated heterocycles. The molecule has 7 aromatic carbocycles. The molecular formula is C45H29N3. The molecule has 3 nitrogen and oxygen atoms in total. The first kappa shape index (κ1) is 27.8. The Morgan fingerprint density at radius 2 is 0.896 bits per heavy atom. The van der Waals surface area contributed by atoms with Crippen molar-refractivity contribution in [1.82, 2.24) is 15.0 Å². The van der Waals surface area contributed by atoms with Crippen LogP contribution in [0.1, 0.15) is 0 Å². The molecule has 0 atom stereocenters. The van der Waals surface area contributed by atoms with Gasteiger partial charge in [-0.1, -0.05) is 158 Å². The van der Waals surface area contributed by atoms with Gasteiger partial charge < -0.3 is 0 Å². The molecule has 0 fully saturated rings. The number of aromatic nitrogens is 3. The lowest BCUT2D eigenvalue weighted by Gasteiger charge is -2.13. The van der Waals surface area contributed by atoms with Gasteiger partial charge in [-0.3, -0.25) is 0 Å². The minimum Gasteiger partial charge on any atom is -0.247 e. The summed E-state index contributed by atoms with van der Waals surface area (Å²) in [6, 6.07) is 61.4. The molecule has 0 amide bonds. The van der Waals surface area contributed by atoms with Gasteiger partial charge in [-0.05, 0) is 40.1 Å². The Morgan fingerprint density at radius 3 is 1.62 bits per heavy atom. The van der Waals surface area contributed by atoms with E-state index in [0.717, 1.165) is 61.4 Å². The first-order chi connectivity index (χ1) is 23.8. The fourth-order valence-corrected chi connectivity index (χ4v) is 6.69. The van der Waals surface area contributed by atoms with E-state index in [1.54, 1.807) is 0 Å². The normalized spacial score (nSPS) is 11.3. The van der Waals surface area contributed by atoms with Gasteiger partial charge in [0, 0.05) is 38.4 Å². The highest BCUT2D eigenvalue weighted by molar-refractivity contribution is 6.22. The molecule has 2 aromatic heterocycles. The van der Waals surface area contributed by atoms with Crippen LogP contribution in [0.15, 0.2) is 176 Å². The van der Waals surface area contributed by atoms with Gasteiger partial charge in [-0.15, -0.1) is 0 Å². The zero-order valence-electron chi connectivity index (χ0n) is 26.1. The second-order valence-corrected chi connectivity index (χ2v) is 12.0. The summed E-state index contributed by atoms with van der Waals surface area (Å²) in [7, 11) is 0. The van der Waals surface area contributed by atoms with Crippen LogP contribution in [0, 0.1) is 0 Å². The van der Waals surface area contributed by atoms with E-state index in [1.165, 1.54) is 21.5 Å². The molecule has 0 N–H and O–H groups in total. The summed E-state index contributed by atoms with van der Waals surface area (Å²) in [5, 5.41) is 6.06. The number of nitrogens with zero attached hydrogens (tertiary/aromatic N) is 3. The summed E-state index contributed by atoms with van der Waals surface area (Å²) in [5.74, 6) is 0.702. The summed E-state index contributed by atoms with van der Waals surface area (Å²) in [4.78, 5) is 15.3. The van der Waals surface area contributed by atoms with E-state index < -0.39 is 0 Å². The third-order valence-corrected chi connectivity index (χ3v) is 9.07. The molecule has 0 unspecified atom stereocenters. The van der Waals surface area contributed by atoms with Crippen molar-refractivity contribution in [2.75, 3.05) is 0 Å². The van der Waals surface area contributed by atoms with Crippen LogP contribution in [0.3, 0.4) is 0 Å². The predicted octanol–water partition coefficient (Wildman–Crippen LogP) is 11.7. The zero-order valence-corrected chi connectivity index (χ0v) is 26.1. The van der Waals surface area contributed by atoms with E-state index in [9.17, 15) is 0 Å². The summed E-state index contributed by atoms with van der Waals surface area (Å²) in [5.41, 5.74) is 10.2. The molecule has 0 aliphatic carbocycles. The maximum absolute atomic E-state index is 5.19. The molecule has 48 heavy (non-hydrogen) atoms. The van der Waals surface area contributed by atoms with Crippen molar-refractivity contribution in [1.29, 1.82) is 0 Å². The van der Waals surface area contributed by atoms with Crippen molar-refractivity contribution < 1.29 is 0 Å². The van der Waals surface area contributed by atoms with Crippen molar-refractivity contribution in [3.63, 3.8) is 0 Å². The average molecular weight is 612 g/mol. The van der Waals surface area contributed by atoms with E-state index in [2.05, 4.69) is 140 Å². The van der Waals surface area contributed by atoms with Crippen LogP contribution in [-0.2, 0) is 0 Å². The first-order valence-electron chi connectivity index (χ1n) is 16.2. The molecular weight excluding hydrogens is 583 g/mol. The van der Waals surface area contributed by atoms with Crippen molar-refractivity contribution in [2.24, 2.45) is 0 Å². The Kier molecular flexibility index (Phi) is 6.80. The van der Waals surface area contributed by atoms with Crippen LogP contribution in [0.4, 0.5) is 0 Å². The van der Waals surface area contributed by atoms with Gasteiger partial charge in [0.1, 0.15) is 0 Å². The third kappa shape index (κ3) is 4.99. The Balaban J connectivity index is 1.13. The van der Waals surface area contributed by atoms with Gasteiger partial charge >= 0.3 is 0 Å². The Hall–Kier alpha value is -6.45. The second-order valence-electron chi connectivity index (χ2n) is 12.0. The van der Waals surface area contributed by atoms with Crippen LogP contribution in [0.25, 0.3) is 88.7 Å². The number of para-hydroxylation sites is 1. The van der Waals surface area contributed by atoms with E-state index >= 15 is 0 Å². The molecule has 0 bridgehead atoms. The Bertz CT molecular complexity index is 2520. The molecule has 9 rings (SSSR count). The monoisotopic (exact) mass is 611 g/mol. The average Bonchev–Trinajstić information content (AvgIpc) is 3.18. The van der Waals surface area contributed by atoms with Gasteiger partial charge in [0.2, 0.25) is 0 Å². The number of hydrogen-bond acceptors (Lipinski definition) is 3. The lowest BCUT2D eigenvalue weighted by Crippen LogP contribution is -1.96. The molecule has 0 spiro atoms. The minimum atomic E-state index is 0.702. The van der Waals surface area contributed by atoms with E-state index in [1.807, 2.05) is 36.4 Å². The number of benzene rings is 7. The summed E-state index contributed by atoms with van der Waals surface area (Å²) in [6.45, 7) is 0. The predicted molar refractivity (Wildman–Crippen MR) is 200 cm³/mol. The second kappa shape index (κ2) is 11.7. The lowest BCUT2D eigenvalue weighted by molar-refractivity contribution is 1.18. The first-order valence-corrected chi connectivity index (χ1v) is 16.2. The Labute approximate surface area is 278 Å². The molecule has 3 heteroatoms. The van der Waals surface area contributed by atoms with Gasteiger partial charge in [0.05, 0.1) is 22.6 Å². The standard InChI is InChI=1S/C45H29N3/c1-3-13-32(14-4-1)41-29-42(33-15-5-2-6-16-33)48-45(47-41)36-18-11-17-35(28-36)30-22-24-34(25-23-30)44-39-27-26-31-12-7-8-19-37(31)43(39)38-20-9-10-21-40(38)46-44/h1-29H. The van der Waals surface area contributed by atoms with Crippen molar-refractivity contribution in [2.45, 2.75) is 0 Å². The molecule has 0 radical (unpaired) electrons. The zero-order chi connectivity index (χ0) is 31.9. The number of rotatable bonds is 5. The quantitative estimate of drug-likeness (QED) is 0.182. The van der Waals surface area contributed by atoms with E-state index in [0.29, 0.717) is 5.82 Å². The highest BCUT2D eigenvalue weighted by Crippen LogP contribution is 2.38. The van der Waals surface area contributed by atoms with Crippen LogP contribution >= 0.6 is 0 Å². The topological polar surface area (TPSA) is 38.7 Å². The third-order valence-electron chi connectivity index (χ3n) is 9.07. The largest absolute Gasteiger partial charge is 0.247 e. The summed E-state index contributed by atoms with van der Waals surface area (Å²) in [6.07, 6.45) is 0. The highest BCUT2D eigenvalue weighted by atomic mass is 14.9. The number of hydrogen-bond donors (Lipinski definition) is 0. The van der Waals surface area contributed by atoms with Crippen molar-refractivity contribution in [3.8, 4) is 56.3 Å². The molecule has 0 saturated carbocycles. The van der Waals surface area contributed by atoms with Crippen LogP contribution in [-0.4, -0.2) is 15.0 Å². The van der Waals surface area contributed by atoms with Crippen LogP contribution in [0.2, 0.25) is 0 Å². The molecule has 224 valence electrons. The molecule has 0 aliphatic rings.